The van der Waals surface area contributed by atoms with Crippen LogP contribution in [0.2, 0.25) is 0 Å². The van der Waals surface area contributed by atoms with Crippen LogP contribution in [0.15, 0.2) is 71.3 Å². The van der Waals surface area contributed by atoms with Crippen LogP contribution in [-0.4, -0.2) is 38.2 Å². The molecule has 9 heteroatoms. The summed E-state index contributed by atoms with van der Waals surface area (Å²) in [5.41, 5.74) is 1.07. The van der Waals surface area contributed by atoms with E-state index in [1.165, 1.54) is 12.1 Å². The summed E-state index contributed by atoms with van der Waals surface area (Å²) in [7, 11) is 0. The lowest BCUT2D eigenvalue weighted by Gasteiger charge is -2.34. The second-order valence-corrected chi connectivity index (χ2v) is 9.57. The highest BCUT2D eigenvalue weighted by Gasteiger charge is 2.35. The van der Waals surface area contributed by atoms with Crippen molar-refractivity contribution in [3.05, 3.63) is 83.4 Å². The van der Waals surface area contributed by atoms with E-state index in [0.717, 1.165) is 17.2 Å². The van der Waals surface area contributed by atoms with E-state index in [4.69, 9.17) is 4.52 Å². The molecule has 0 spiro atoms. The van der Waals surface area contributed by atoms with Gasteiger partial charge in [0.05, 0.1) is 5.56 Å². The summed E-state index contributed by atoms with van der Waals surface area (Å²) in [6, 6.07) is 18.1. The van der Waals surface area contributed by atoms with E-state index in [0.29, 0.717) is 24.2 Å². The largest absolute Gasteiger partial charge is 0.480 e. The Morgan fingerprint density at radius 2 is 1.71 bits per heavy atom. The second kappa shape index (κ2) is 10.4. The van der Waals surface area contributed by atoms with Gasteiger partial charge in [-0.05, 0) is 67.8 Å². The van der Waals surface area contributed by atoms with Crippen LogP contribution in [0, 0.1) is 6.92 Å². The van der Waals surface area contributed by atoms with Crippen molar-refractivity contribution in [3.8, 4) is 34.0 Å². The number of likely N-dealkylation sites (N-methyl/N-ethyl adjacent to an activating group) is 1. The van der Waals surface area contributed by atoms with Crippen LogP contribution < -0.4 is 0 Å². The normalized spacial score (nSPS) is 12.2. The molecule has 0 radical (unpaired) electrons. The fourth-order valence-corrected chi connectivity index (χ4v) is 4.35. The van der Waals surface area contributed by atoms with Crippen LogP contribution in [0.25, 0.3) is 34.0 Å². The van der Waals surface area contributed by atoms with Crippen molar-refractivity contribution in [1.82, 2.24) is 15.0 Å². The van der Waals surface area contributed by atoms with E-state index < -0.39 is 23.2 Å². The molecule has 4 rings (SSSR count). The molecule has 38 heavy (non-hydrogen) atoms. The highest BCUT2D eigenvalue weighted by molar-refractivity contribution is 5.77. The molecule has 0 aliphatic carbocycles. The standard InChI is InChI=1S/C29H28F3N3O3/c1-5-35(28(3,4)27(36)37)17-19-10-8-11-20(15-19)25-33-26(38-34-25)21-13-14-23(24(16-21)29(30,31)32)22-12-7-6-9-18(22)2/h6-16H,5,17H2,1-4H3,(H,36,37). The van der Waals surface area contributed by atoms with Gasteiger partial charge in [-0.1, -0.05) is 60.6 Å². The molecule has 4 aromatic rings. The fraction of sp³-hybridized carbons (Fsp3) is 0.276. The lowest BCUT2D eigenvalue weighted by Crippen LogP contribution is -2.49. The lowest BCUT2D eigenvalue weighted by molar-refractivity contribution is -0.149. The Balaban J connectivity index is 1.66. The van der Waals surface area contributed by atoms with Crippen molar-refractivity contribution in [2.24, 2.45) is 0 Å². The molecule has 1 heterocycles. The van der Waals surface area contributed by atoms with Crippen LogP contribution in [-0.2, 0) is 17.5 Å². The van der Waals surface area contributed by atoms with Gasteiger partial charge in [-0.15, -0.1) is 0 Å². The van der Waals surface area contributed by atoms with E-state index in [-0.39, 0.29) is 22.8 Å². The SMILES string of the molecule is CCN(Cc1cccc(-c2noc(-c3ccc(-c4ccccc4C)c(C(F)(F)F)c3)n2)c1)C(C)(C)C(=O)O. The van der Waals surface area contributed by atoms with Gasteiger partial charge in [0.2, 0.25) is 5.82 Å². The van der Waals surface area contributed by atoms with Gasteiger partial charge < -0.3 is 9.63 Å². The first kappa shape index (κ1) is 27.1. The van der Waals surface area contributed by atoms with E-state index >= 15 is 0 Å². The molecule has 0 aliphatic heterocycles. The first-order chi connectivity index (χ1) is 17.9. The Labute approximate surface area is 218 Å². The summed E-state index contributed by atoms with van der Waals surface area (Å²) in [6.07, 6.45) is -4.58. The second-order valence-electron chi connectivity index (χ2n) is 9.57. The van der Waals surface area contributed by atoms with Gasteiger partial charge in [-0.25, -0.2) is 0 Å². The minimum absolute atomic E-state index is 0.0329. The molecule has 1 aromatic heterocycles. The highest BCUT2D eigenvalue weighted by atomic mass is 19.4. The van der Waals surface area contributed by atoms with Crippen molar-refractivity contribution >= 4 is 5.97 Å². The van der Waals surface area contributed by atoms with Gasteiger partial charge in [-0.2, -0.15) is 18.2 Å². The smallest absolute Gasteiger partial charge is 0.417 e. The Hall–Kier alpha value is -3.98. The van der Waals surface area contributed by atoms with Crippen LogP contribution >= 0.6 is 0 Å². The number of alkyl halides is 3. The molecule has 3 aromatic carbocycles. The summed E-state index contributed by atoms with van der Waals surface area (Å²) in [4.78, 5) is 17.9. The summed E-state index contributed by atoms with van der Waals surface area (Å²) in [6.45, 7) is 7.85. The van der Waals surface area contributed by atoms with E-state index in [1.54, 1.807) is 57.2 Å². The van der Waals surface area contributed by atoms with E-state index in [9.17, 15) is 23.1 Å². The zero-order chi connectivity index (χ0) is 27.7. The molecule has 0 aliphatic rings. The van der Waals surface area contributed by atoms with Crippen LogP contribution in [0.5, 0.6) is 0 Å². The number of carboxylic acid groups (broad SMARTS) is 1. The highest BCUT2D eigenvalue weighted by Crippen LogP contribution is 2.40. The van der Waals surface area contributed by atoms with Gasteiger partial charge in [0, 0.05) is 17.7 Å². The third kappa shape index (κ3) is 5.47. The number of hydrogen-bond acceptors (Lipinski definition) is 5. The first-order valence-electron chi connectivity index (χ1n) is 12.1. The van der Waals surface area contributed by atoms with Crippen molar-refractivity contribution in [2.45, 2.75) is 46.0 Å². The Morgan fingerprint density at radius 3 is 2.37 bits per heavy atom. The van der Waals surface area contributed by atoms with E-state index in [1.807, 2.05) is 24.0 Å². The van der Waals surface area contributed by atoms with Gasteiger partial charge in [-0.3, -0.25) is 9.69 Å². The van der Waals surface area contributed by atoms with E-state index in [2.05, 4.69) is 10.1 Å². The maximum Gasteiger partial charge on any atom is 0.417 e. The average Bonchev–Trinajstić information content (AvgIpc) is 3.37. The Bertz CT molecular complexity index is 1460. The third-order valence-corrected chi connectivity index (χ3v) is 6.69. The monoisotopic (exact) mass is 523 g/mol. The fourth-order valence-electron chi connectivity index (χ4n) is 4.35. The Morgan fingerprint density at radius 1 is 0.974 bits per heavy atom. The van der Waals surface area contributed by atoms with Crippen LogP contribution in [0.3, 0.4) is 0 Å². The summed E-state index contributed by atoms with van der Waals surface area (Å²) < 4.78 is 47.5. The summed E-state index contributed by atoms with van der Waals surface area (Å²) in [5.74, 6) is -0.738. The number of nitrogens with zero attached hydrogens (tertiary/aromatic N) is 3. The average molecular weight is 524 g/mol. The predicted octanol–water partition coefficient (Wildman–Crippen LogP) is 7.08. The number of carboxylic acids is 1. The lowest BCUT2D eigenvalue weighted by atomic mass is 9.94. The molecular formula is C29H28F3N3O3. The van der Waals surface area contributed by atoms with Crippen molar-refractivity contribution in [2.75, 3.05) is 6.54 Å². The first-order valence-corrected chi connectivity index (χ1v) is 12.1. The molecule has 0 saturated heterocycles. The predicted molar refractivity (Wildman–Crippen MR) is 138 cm³/mol. The van der Waals surface area contributed by atoms with Gasteiger partial charge in [0.25, 0.3) is 5.89 Å². The van der Waals surface area contributed by atoms with Crippen molar-refractivity contribution in [1.29, 1.82) is 0 Å². The maximum absolute atomic E-state index is 14.0. The molecule has 0 unspecified atom stereocenters. The minimum Gasteiger partial charge on any atom is -0.480 e. The molecule has 0 bridgehead atoms. The minimum atomic E-state index is -4.58. The zero-order valence-electron chi connectivity index (χ0n) is 21.5. The summed E-state index contributed by atoms with van der Waals surface area (Å²) >= 11 is 0. The number of hydrogen-bond donors (Lipinski definition) is 1. The van der Waals surface area contributed by atoms with Crippen molar-refractivity contribution in [3.63, 3.8) is 0 Å². The number of benzene rings is 3. The molecule has 6 nitrogen and oxygen atoms in total. The van der Waals surface area contributed by atoms with Gasteiger partial charge in [0.1, 0.15) is 5.54 Å². The number of aryl methyl sites for hydroxylation is 1. The molecule has 1 N–H and O–H groups in total. The van der Waals surface area contributed by atoms with Gasteiger partial charge in [0.15, 0.2) is 0 Å². The topological polar surface area (TPSA) is 79.5 Å². The zero-order valence-corrected chi connectivity index (χ0v) is 21.5. The quantitative estimate of drug-likeness (QED) is 0.266. The molecule has 0 amide bonds. The molecule has 0 atom stereocenters. The molecule has 198 valence electrons. The van der Waals surface area contributed by atoms with Gasteiger partial charge >= 0.3 is 12.1 Å². The molecule has 0 fully saturated rings. The molecule has 0 saturated carbocycles. The third-order valence-electron chi connectivity index (χ3n) is 6.69. The summed E-state index contributed by atoms with van der Waals surface area (Å²) in [5, 5.41) is 13.6. The number of aliphatic carboxylic acids is 1. The molecular weight excluding hydrogens is 495 g/mol. The van der Waals surface area contributed by atoms with Crippen LogP contribution in [0.1, 0.15) is 37.5 Å². The Kier molecular flexibility index (Phi) is 7.42. The van der Waals surface area contributed by atoms with Crippen molar-refractivity contribution < 1.29 is 27.6 Å². The van der Waals surface area contributed by atoms with Crippen LogP contribution in [0.4, 0.5) is 13.2 Å². The number of rotatable bonds is 8. The number of aromatic nitrogens is 2. The number of halogens is 3. The maximum atomic E-state index is 14.0. The number of carbonyl (C=O) groups is 1.